The van der Waals surface area contributed by atoms with Crippen molar-refractivity contribution in [2.75, 3.05) is 25.5 Å². The molecule has 0 saturated carbocycles. The molecular weight excluding hydrogens is 357 g/mol. The standard InChI is InChI=1S/C16H19F3N2O3S/c17-16(18,19)11-4-5-13(20-9-11)25-10-14(22)21-6-2-1-3-12(21)15-23-7-8-24-15/h4-5,9,12,15H,1-3,6-8,10H2. The van der Waals surface area contributed by atoms with Crippen molar-refractivity contribution in [1.29, 1.82) is 0 Å². The van der Waals surface area contributed by atoms with Gasteiger partial charge in [0.15, 0.2) is 6.29 Å². The molecule has 2 saturated heterocycles. The number of amides is 1. The van der Waals surface area contributed by atoms with E-state index in [1.165, 1.54) is 6.07 Å². The summed E-state index contributed by atoms with van der Waals surface area (Å²) in [5.74, 6) is 0.0530. The van der Waals surface area contributed by atoms with Gasteiger partial charge in [-0.3, -0.25) is 4.79 Å². The van der Waals surface area contributed by atoms with Crippen LogP contribution in [0.25, 0.3) is 0 Å². The van der Waals surface area contributed by atoms with Crippen LogP contribution in [0.1, 0.15) is 24.8 Å². The molecule has 138 valence electrons. The number of ether oxygens (including phenoxy) is 2. The van der Waals surface area contributed by atoms with Crippen molar-refractivity contribution in [3.05, 3.63) is 23.9 Å². The summed E-state index contributed by atoms with van der Waals surface area (Å²) in [5, 5.41) is 0.392. The van der Waals surface area contributed by atoms with Crippen LogP contribution in [0.2, 0.25) is 0 Å². The number of carbonyl (C=O) groups excluding carboxylic acids is 1. The first-order valence-corrected chi connectivity index (χ1v) is 9.12. The molecule has 0 radical (unpaired) electrons. The summed E-state index contributed by atoms with van der Waals surface area (Å²) in [7, 11) is 0. The van der Waals surface area contributed by atoms with E-state index < -0.39 is 11.7 Å². The maximum atomic E-state index is 12.6. The fourth-order valence-electron chi connectivity index (χ4n) is 3.00. The van der Waals surface area contributed by atoms with E-state index in [0.717, 1.165) is 43.3 Å². The fourth-order valence-corrected chi connectivity index (χ4v) is 3.73. The number of piperidine rings is 1. The van der Waals surface area contributed by atoms with Crippen LogP contribution in [0.15, 0.2) is 23.4 Å². The summed E-state index contributed by atoms with van der Waals surface area (Å²) in [6, 6.07) is 2.17. The molecule has 0 aliphatic carbocycles. The van der Waals surface area contributed by atoms with Gasteiger partial charge in [-0.05, 0) is 31.4 Å². The van der Waals surface area contributed by atoms with E-state index in [9.17, 15) is 18.0 Å². The first-order valence-electron chi connectivity index (χ1n) is 8.14. The van der Waals surface area contributed by atoms with Crippen molar-refractivity contribution in [3.63, 3.8) is 0 Å². The van der Waals surface area contributed by atoms with E-state index in [-0.39, 0.29) is 24.0 Å². The van der Waals surface area contributed by atoms with Crippen molar-refractivity contribution in [3.8, 4) is 0 Å². The van der Waals surface area contributed by atoms with E-state index in [1.54, 1.807) is 4.90 Å². The number of rotatable bonds is 4. The molecule has 0 N–H and O–H groups in total. The van der Waals surface area contributed by atoms with E-state index in [1.807, 2.05) is 0 Å². The number of carbonyl (C=O) groups is 1. The Bertz CT molecular complexity index is 591. The maximum Gasteiger partial charge on any atom is 0.417 e. The van der Waals surface area contributed by atoms with Crippen molar-refractivity contribution < 1.29 is 27.4 Å². The molecule has 0 spiro atoms. The molecule has 3 heterocycles. The quantitative estimate of drug-likeness (QED) is 0.757. The second-order valence-corrected chi connectivity index (χ2v) is 6.93. The van der Waals surface area contributed by atoms with Gasteiger partial charge in [-0.25, -0.2) is 4.98 Å². The smallest absolute Gasteiger partial charge is 0.348 e. The first-order chi connectivity index (χ1) is 11.9. The van der Waals surface area contributed by atoms with Gasteiger partial charge < -0.3 is 14.4 Å². The summed E-state index contributed by atoms with van der Waals surface area (Å²) in [4.78, 5) is 18.1. The molecule has 2 fully saturated rings. The minimum absolute atomic E-state index is 0.0736. The Morgan fingerprint density at radius 2 is 2.04 bits per heavy atom. The number of pyridine rings is 1. The van der Waals surface area contributed by atoms with Crippen molar-refractivity contribution in [2.24, 2.45) is 0 Å². The number of likely N-dealkylation sites (tertiary alicyclic amines) is 1. The number of alkyl halides is 3. The number of aromatic nitrogens is 1. The van der Waals surface area contributed by atoms with E-state index in [2.05, 4.69) is 4.98 Å². The van der Waals surface area contributed by atoms with Crippen molar-refractivity contribution in [1.82, 2.24) is 9.88 Å². The van der Waals surface area contributed by atoms with Crippen molar-refractivity contribution >= 4 is 17.7 Å². The number of hydrogen-bond donors (Lipinski definition) is 0. The van der Waals surface area contributed by atoms with Gasteiger partial charge in [0.2, 0.25) is 5.91 Å². The Labute approximate surface area is 147 Å². The molecule has 1 atom stereocenters. The monoisotopic (exact) mass is 376 g/mol. The SMILES string of the molecule is O=C(CSc1ccc(C(F)(F)F)cn1)N1CCCCC1C1OCCO1. The lowest BCUT2D eigenvalue weighted by molar-refractivity contribution is -0.148. The summed E-state index contributed by atoms with van der Waals surface area (Å²) in [6.07, 6.45) is -1.22. The lowest BCUT2D eigenvalue weighted by Gasteiger charge is -2.38. The van der Waals surface area contributed by atoms with Gasteiger partial charge in [0.1, 0.15) is 0 Å². The number of hydrogen-bond acceptors (Lipinski definition) is 5. The zero-order chi connectivity index (χ0) is 17.9. The number of thioether (sulfide) groups is 1. The molecule has 0 aromatic carbocycles. The van der Waals surface area contributed by atoms with Gasteiger partial charge >= 0.3 is 6.18 Å². The largest absolute Gasteiger partial charge is 0.417 e. The molecule has 0 bridgehead atoms. The molecule has 25 heavy (non-hydrogen) atoms. The Morgan fingerprint density at radius 1 is 1.28 bits per heavy atom. The second-order valence-electron chi connectivity index (χ2n) is 5.93. The van der Waals surface area contributed by atoms with E-state index >= 15 is 0 Å². The molecular formula is C16H19F3N2O3S. The molecule has 2 aliphatic rings. The van der Waals surface area contributed by atoms with Crippen LogP contribution in [0.4, 0.5) is 13.2 Å². The van der Waals surface area contributed by atoms with Crippen LogP contribution in [0.3, 0.4) is 0 Å². The molecule has 1 aromatic heterocycles. The normalized spacial score (nSPS) is 22.4. The van der Waals surface area contributed by atoms with Crippen LogP contribution in [-0.4, -0.2) is 53.6 Å². The van der Waals surface area contributed by atoms with Gasteiger partial charge in [0.25, 0.3) is 0 Å². The molecule has 3 rings (SSSR count). The topological polar surface area (TPSA) is 51.7 Å². The fraction of sp³-hybridized carbons (Fsp3) is 0.625. The van der Waals surface area contributed by atoms with Gasteiger partial charge in [0.05, 0.1) is 35.6 Å². The maximum absolute atomic E-state index is 12.6. The summed E-state index contributed by atoms with van der Waals surface area (Å²) in [6.45, 7) is 1.72. The molecule has 1 amide bonds. The third-order valence-corrected chi connectivity index (χ3v) is 5.17. The molecule has 1 aromatic rings. The Morgan fingerprint density at radius 3 is 2.68 bits per heavy atom. The summed E-state index contributed by atoms with van der Waals surface area (Å²) in [5.41, 5.74) is -0.796. The second kappa shape index (κ2) is 7.92. The zero-order valence-corrected chi connectivity index (χ0v) is 14.3. The van der Waals surface area contributed by atoms with Gasteiger partial charge in [-0.2, -0.15) is 13.2 Å². The lowest BCUT2D eigenvalue weighted by atomic mass is 10.0. The predicted octanol–water partition coefficient (Wildman–Crippen LogP) is 2.95. The predicted molar refractivity (Wildman–Crippen MR) is 85.0 cm³/mol. The highest BCUT2D eigenvalue weighted by atomic mass is 32.2. The molecule has 1 unspecified atom stereocenters. The molecule has 9 heteroatoms. The molecule has 5 nitrogen and oxygen atoms in total. The third kappa shape index (κ3) is 4.65. The van der Waals surface area contributed by atoms with Gasteiger partial charge in [0, 0.05) is 12.7 Å². The van der Waals surface area contributed by atoms with Crippen molar-refractivity contribution in [2.45, 2.75) is 42.8 Å². The van der Waals surface area contributed by atoms with Crippen LogP contribution >= 0.6 is 11.8 Å². The lowest BCUT2D eigenvalue weighted by Crippen LogP contribution is -2.50. The Kier molecular flexibility index (Phi) is 5.85. The zero-order valence-electron chi connectivity index (χ0n) is 13.5. The Hall–Kier alpha value is -1.32. The van der Waals surface area contributed by atoms with Gasteiger partial charge in [-0.15, -0.1) is 0 Å². The van der Waals surface area contributed by atoms with Crippen LogP contribution in [-0.2, 0) is 20.4 Å². The van der Waals surface area contributed by atoms with E-state index in [4.69, 9.17) is 9.47 Å². The first kappa shape index (κ1) is 18.5. The number of nitrogens with zero attached hydrogens (tertiary/aromatic N) is 2. The summed E-state index contributed by atoms with van der Waals surface area (Å²) < 4.78 is 48.7. The van der Waals surface area contributed by atoms with Crippen LogP contribution in [0.5, 0.6) is 0 Å². The minimum Gasteiger partial charge on any atom is -0.348 e. The summed E-state index contributed by atoms with van der Waals surface area (Å²) >= 11 is 1.13. The third-order valence-electron chi connectivity index (χ3n) is 4.24. The molecule has 2 aliphatic heterocycles. The van der Waals surface area contributed by atoms with Crippen LogP contribution < -0.4 is 0 Å². The highest BCUT2D eigenvalue weighted by Gasteiger charge is 2.36. The average molecular weight is 376 g/mol. The number of halogens is 3. The van der Waals surface area contributed by atoms with Gasteiger partial charge in [-0.1, -0.05) is 11.8 Å². The minimum atomic E-state index is -4.41. The highest BCUT2D eigenvalue weighted by molar-refractivity contribution is 7.99. The average Bonchev–Trinajstić information content (AvgIpc) is 3.14. The Balaban J connectivity index is 1.57. The van der Waals surface area contributed by atoms with E-state index in [0.29, 0.717) is 24.8 Å². The highest BCUT2D eigenvalue weighted by Crippen LogP contribution is 2.30. The van der Waals surface area contributed by atoms with Crippen LogP contribution in [0, 0.1) is 0 Å².